The lowest BCUT2D eigenvalue weighted by molar-refractivity contribution is 0.669. The van der Waals surface area contributed by atoms with E-state index in [2.05, 4.69) is 41.2 Å². The van der Waals surface area contributed by atoms with E-state index in [1.165, 1.54) is 0 Å². The van der Waals surface area contributed by atoms with Gasteiger partial charge in [0.15, 0.2) is 0 Å². The molecule has 0 radical (unpaired) electrons. The highest BCUT2D eigenvalue weighted by atomic mass is 16.3. The number of para-hydroxylation sites is 1. The third-order valence-corrected chi connectivity index (χ3v) is 4.09. The first-order chi connectivity index (χ1) is 11.7. The van der Waals surface area contributed by atoms with Crippen LogP contribution in [0.5, 0.6) is 0 Å². The van der Waals surface area contributed by atoms with Crippen LogP contribution in [0, 0.1) is 0 Å². The number of benzene rings is 2. The van der Waals surface area contributed by atoms with Gasteiger partial charge in [0.05, 0.1) is 5.70 Å². The summed E-state index contributed by atoms with van der Waals surface area (Å²) in [6, 6.07) is 14.3. The van der Waals surface area contributed by atoms with E-state index in [-0.39, 0.29) is 0 Å². The van der Waals surface area contributed by atoms with Crippen LogP contribution >= 0.6 is 0 Å². The molecular formula is C22H15NO. The summed E-state index contributed by atoms with van der Waals surface area (Å²) < 4.78 is 5.95. The van der Waals surface area contributed by atoms with Gasteiger partial charge in [-0.2, -0.15) is 0 Å². The van der Waals surface area contributed by atoms with Crippen molar-refractivity contribution in [2.24, 2.45) is 4.99 Å². The molecule has 0 bridgehead atoms. The van der Waals surface area contributed by atoms with Crippen molar-refractivity contribution < 1.29 is 4.42 Å². The van der Waals surface area contributed by atoms with Gasteiger partial charge < -0.3 is 4.42 Å². The fraction of sp³-hybridized carbons (Fsp3) is 0.0455. The Morgan fingerprint density at radius 2 is 1.88 bits per heavy atom. The maximum absolute atomic E-state index is 5.95. The van der Waals surface area contributed by atoms with Gasteiger partial charge in [-0.05, 0) is 48.9 Å². The van der Waals surface area contributed by atoms with E-state index >= 15 is 0 Å². The van der Waals surface area contributed by atoms with Gasteiger partial charge >= 0.3 is 0 Å². The van der Waals surface area contributed by atoms with E-state index in [0.29, 0.717) is 5.70 Å². The van der Waals surface area contributed by atoms with E-state index in [1.54, 1.807) is 0 Å². The molecule has 2 heteroatoms. The molecule has 1 aliphatic carbocycles. The van der Waals surface area contributed by atoms with Crippen molar-refractivity contribution in [2.45, 2.75) is 6.92 Å². The Balaban J connectivity index is 1.73. The number of aliphatic imine (C=N–C) groups is 1. The number of nitrogens with zero attached hydrogens (tertiary/aromatic N) is 1. The molecule has 0 saturated heterocycles. The van der Waals surface area contributed by atoms with E-state index in [9.17, 15) is 0 Å². The number of hydrogen-bond donors (Lipinski definition) is 0. The predicted molar refractivity (Wildman–Crippen MR) is 99.3 cm³/mol. The average molecular weight is 309 g/mol. The molecule has 24 heavy (non-hydrogen) atoms. The number of rotatable bonds is 3. The van der Waals surface area contributed by atoms with Gasteiger partial charge in [-0.3, -0.25) is 4.99 Å². The minimum absolute atomic E-state index is 0.711. The second-order valence-electron chi connectivity index (χ2n) is 5.67. The van der Waals surface area contributed by atoms with Crippen LogP contribution in [0.1, 0.15) is 12.5 Å². The second-order valence-corrected chi connectivity index (χ2v) is 5.67. The van der Waals surface area contributed by atoms with Crippen molar-refractivity contribution in [2.75, 3.05) is 0 Å². The maximum Gasteiger partial charge on any atom is 0.136 e. The first-order valence-corrected chi connectivity index (χ1v) is 7.76. The zero-order valence-corrected chi connectivity index (χ0v) is 13.3. The largest absolute Gasteiger partial charge is 0.456 e. The lowest BCUT2D eigenvalue weighted by Gasteiger charge is -2.04. The SMILES string of the molecule is C=C(N=C(C)c1ccc2c(c1)oc1ccccc12)C1=CC=C=C=C1. The Bertz CT molecular complexity index is 1140. The fourth-order valence-corrected chi connectivity index (χ4v) is 2.81. The molecule has 0 unspecified atom stereocenters. The molecule has 1 aliphatic rings. The maximum atomic E-state index is 5.95. The molecule has 0 atom stereocenters. The van der Waals surface area contributed by atoms with Gasteiger partial charge in [-0.25, -0.2) is 0 Å². The van der Waals surface area contributed by atoms with Gasteiger partial charge in [0.2, 0.25) is 0 Å². The number of hydrogen-bond acceptors (Lipinski definition) is 2. The molecule has 0 amide bonds. The van der Waals surface area contributed by atoms with E-state index in [0.717, 1.165) is 38.8 Å². The van der Waals surface area contributed by atoms with Gasteiger partial charge in [-0.15, -0.1) is 0 Å². The van der Waals surface area contributed by atoms with Crippen LogP contribution in [0.3, 0.4) is 0 Å². The van der Waals surface area contributed by atoms with Crippen LogP contribution < -0.4 is 0 Å². The van der Waals surface area contributed by atoms with Gasteiger partial charge in [0, 0.05) is 22.1 Å². The molecule has 3 aromatic rings. The summed E-state index contributed by atoms with van der Waals surface area (Å²) in [5.74, 6) is 0. The Kier molecular flexibility index (Phi) is 3.40. The summed E-state index contributed by atoms with van der Waals surface area (Å²) >= 11 is 0. The molecule has 0 saturated carbocycles. The molecule has 2 nitrogen and oxygen atoms in total. The summed E-state index contributed by atoms with van der Waals surface area (Å²) in [6.45, 7) is 6.02. The van der Waals surface area contributed by atoms with Crippen molar-refractivity contribution in [3.8, 4) is 0 Å². The van der Waals surface area contributed by atoms with Gasteiger partial charge in [-0.1, -0.05) is 42.3 Å². The third kappa shape index (κ3) is 2.47. The fourth-order valence-electron chi connectivity index (χ4n) is 2.81. The van der Waals surface area contributed by atoms with Crippen LogP contribution in [-0.4, -0.2) is 5.71 Å². The monoisotopic (exact) mass is 309 g/mol. The quantitative estimate of drug-likeness (QED) is 0.449. The molecule has 4 rings (SSSR count). The summed E-state index contributed by atoms with van der Waals surface area (Å²) in [7, 11) is 0. The van der Waals surface area contributed by atoms with E-state index in [1.807, 2.05) is 49.4 Å². The minimum Gasteiger partial charge on any atom is -0.456 e. The summed E-state index contributed by atoms with van der Waals surface area (Å²) in [5.41, 5.74) is 11.2. The molecule has 0 aliphatic heterocycles. The highest BCUT2D eigenvalue weighted by molar-refractivity contribution is 6.08. The minimum atomic E-state index is 0.711. The summed E-state index contributed by atoms with van der Waals surface area (Å²) in [4.78, 5) is 4.62. The van der Waals surface area contributed by atoms with Crippen LogP contribution in [0.25, 0.3) is 21.9 Å². The lowest BCUT2D eigenvalue weighted by atomic mass is 10.1. The molecule has 1 aromatic heterocycles. The highest BCUT2D eigenvalue weighted by Crippen LogP contribution is 2.29. The first-order valence-electron chi connectivity index (χ1n) is 7.76. The van der Waals surface area contributed by atoms with Crippen molar-refractivity contribution in [3.05, 3.63) is 95.6 Å². The summed E-state index contributed by atoms with van der Waals surface area (Å²) in [6.07, 6.45) is 5.57. The Morgan fingerprint density at radius 3 is 2.71 bits per heavy atom. The molecule has 0 spiro atoms. The normalized spacial score (nSPS) is 13.7. The second kappa shape index (κ2) is 5.72. The van der Waals surface area contributed by atoms with Crippen LogP contribution in [0.2, 0.25) is 0 Å². The van der Waals surface area contributed by atoms with E-state index < -0.39 is 0 Å². The van der Waals surface area contributed by atoms with Crippen molar-refractivity contribution in [3.63, 3.8) is 0 Å². The van der Waals surface area contributed by atoms with Crippen LogP contribution in [0.15, 0.2) is 99.4 Å². The zero-order chi connectivity index (χ0) is 16.5. The van der Waals surface area contributed by atoms with Crippen molar-refractivity contribution >= 4 is 27.7 Å². The molecule has 2 aromatic carbocycles. The molecular weight excluding hydrogens is 294 g/mol. The molecule has 0 N–H and O–H groups in total. The van der Waals surface area contributed by atoms with Crippen LogP contribution in [-0.2, 0) is 0 Å². The Labute approximate surface area is 140 Å². The lowest BCUT2D eigenvalue weighted by Crippen LogP contribution is -1.96. The van der Waals surface area contributed by atoms with E-state index in [4.69, 9.17) is 4.42 Å². The standard InChI is InChI=1S/C22H15NO/c1-15(17-8-4-3-5-9-17)23-16(2)18-12-13-20-19-10-6-7-11-21(19)24-22(20)14-18/h4,6-14H,1H2,2H3. The topological polar surface area (TPSA) is 25.5 Å². The predicted octanol–water partition coefficient (Wildman–Crippen LogP) is 5.72. The smallest absolute Gasteiger partial charge is 0.136 e. The first kappa shape index (κ1) is 14.3. The number of allylic oxidation sites excluding steroid dienone is 3. The third-order valence-electron chi connectivity index (χ3n) is 4.09. The Hall–Kier alpha value is -3.31. The van der Waals surface area contributed by atoms with Gasteiger partial charge in [0.25, 0.3) is 0 Å². The molecule has 0 fully saturated rings. The van der Waals surface area contributed by atoms with Crippen molar-refractivity contribution in [1.29, 1.82) is 0 Å². The van der Waals surface area contributed by atoms with Crippen LogP contribution in [0.4, 0.5) is 0 Å². The van der Waals surface area contributed by atoms with Crippen molar-refractivity contribution in [1.82, 2.24) is 0 Å². The zero-order valence-electron chi connectivity index (χ0n) is 13.3. The average Bonchev–Trinajstić information content (AvgIpc) is 3.00. The molecule has 1 heterocycles. The highest BCUT2D eigenvalue weighted by Gasteiger charge is 2.08. The Morgan fingerprint density at radius 1 is 1.04 bits per heavy atom. The molecule has 114 valence electrons. The number of furan rings is 1. The number of fused-ring (bicyclic) bond motifs is 3. The summed E-state index contributed by atoms with van der Waals surface area (Å²) in [5, 5.41) is 2.25. The van der Waals surface area contributed by atoms with Gasteiger partial charge in [0.1, 0.15) is 11.2 Å².